The molecule has 0 aliphatic heterocycles. The van der Waals surface area contributed by atoms with E-state index in [9.17, 15) is 14.9 Å². The molecule has 2 rings (SSSR count). The largest absolute Gasteiger partial charge is 0.465 e. The molecule has 0 spiro atoms. The molecule has 2 aromatic rings. The number of nitro groups is 1. The molecular formula is C13H11ClN4O4. The highest BCUT2D eigenvalue weighted by Gasteiger charge is 2.15. The second-order valence-electron chi connectivity index (χ2n) is 4.24. The summed E-state index contributed by atoms with van der Waals surface area (Å²) in [4.78, 5) is 24.7. The molecule has 0 unspecified atom stereocenters. The molecule has 0 aliphatic carbocycles. The SMILES string of the molecule is O=C(O)NCc1ccc(Nc2nc(Cl)ccc2[N+](=O)[O-])cc1. The fourth-order valence-electron chi connectivity index (χ4n) is 1.69. The molecule has 3 N–H and O–H groups in total. The lowest BCUT2D eigenvalue weighted by molar-refractivity contribution is -0.384. The molecule has 0 aliphatic rings. The lowest BCUT2D eigenvalue weighted by Crippen LogP contribution is -2.19. The summed E-state index contributed by atoms with van der Waals surface area (Å²) in [5.41, 5.74) is 1.12. The number of rotatable bonds is 5. The Bertz CT molecular complexity index is 706. The number of benzene rings is 1. The first-order chi connectivity index (χ1) is 10.5. The molecule has 0 saturated carbocycles. The zero-order valence-electron chi connectivity index (χ0n) is 11.1. The van der Waals surface area contributed by atoms with E-state index in [1.807, 2.05) is 0 Å². The van der Waals surface area contributed by atoms with Gasteiger partial charge in [0.2, 0.25) is 5.82 Å². The van der Waals surface area contributed by atoms with E-state index in [1.54, 1.807) is 24.3 Å². The van der Waals surface area contributed by atoms with E-state index in [-0.39, 0.29) is 23.2 Å². The van der Waals surface area contributed by atoms with Gasteiger partial charge in [-0.05, 0) is 23.8 Å². The van der Waals surface area contributed by atoms with E-state index in [1.165, 1.54) is 12.1 Å². The summed E-state index contributed by atoms with van der Waals surface area (Å²) in [5.74, 6) is 0.0360. The topological polar surface area (TPSA) is 117 Å². The van der Waals surface area contributed by atoms with Crippen molar-refractivity contribution >= 4 is 34.9 Å². The van der Waals surface area contributed by atoms with Crippen LogP contribution in [0.15, 0.2) is 36.4 Å². The Labute approximate surface area is 129 Å². The number of amides is 1. The zero-order valence-corrected chi connectivity index (χ0v) is 11.9. The second-order valence-corrected chi connectivity index (χ2v) is 4.63. The van der Waals surface area contributed by atoms with Gasteiger partial charge in [0.05, 0.1) is 4.92 Å². The summed E-state index contributed by atoms with van der Waals surface area (Å²) in [6.07, 6.45) is -1.11. The van der Waals surface area contributed by atoms with Crippen LogP contribution >= 0.6 is 11.6 Å². The third-order valence-corrected chi connectivity index (χ3v) is 2.91. The molecule has 0 bridgehead atoms. The summed E-state index contributed by atoms with van der Waals surface area (Å²) in [6.45, 7) is 0.172. The maximum atomic E-state index is 10.9. The molecule has 9 heteroatoms. The Morgan fingerprint density at radius 1 is 1.27 bits per heavy atom. The Balaban J connectivity index is 2.15. The van der Waals surface area contributed by atoms with E-state index in [0.29, 0.717) is 5.69 Å². The average molecular weight is 323 g/mol. The number of nitrogens with one attached hydrogen (secondary N) is 2. The number of aromatic nitrogens is 1. The Morgan fingerprint density at radius 3 is 2.55 bits per heavy atom. The standard InChI is InChI=1S/C13H11ClN4O4/c14-11-6-5-10(18(21)22)12(17-11)16-9-3-1-8(2-4-9)7-15-13(19)20/h1-6,15H,7H2,(H,16,17)(H,19,20). The molecule has 0 radical (unpaired) electrons. The highest BCUT2D eigenvalue weighted by Crippen LogP contribution is 2.27. The average Bonchev–Trinajstić information content (AvgIpc) is 2.46. The Morgan fingerprint density at radius 2 is 1.95 bits per heavy atom. The van der Waals surface area contributed by atoms with Gasteiger partial charge in [0.1, 0.15) is 5.15 Å². The minimum atomic E-state index is -1.11. The number of carboxylic acid groups (broad SMARTS) is 1. The van der Waals surface area contributed by atoms with Crippen molar-refractivity contribution in [2.75, 3.05) is 5.32 Å². The van der Waals surface area contributed by atoms with Crippen LogP contribution in [0, 0.1) is 10.1 Å². The van der Waals surface area contributed by atoms with Crippen molar-refractivity contribution in [1.29, 1.82) is 0 Å². The summed E-state index contributed by atoms with van der Waals surface area (Å²) in [6, 6.07) is 9.30. The summed E-state index contributed by atoms with van der Waals surface area (Å²) in [7, 11) is 0. The van der Waals surface area contributed by atoms with Crippen LogP contribution < -0.4 is 10.6 Å². The molecule has 0 saturated heterocycles. The first-order valence-corrected chi connectivity index (χ1v) is 6.47. The van der Waals surface area contributed by atoms with E-state index in [2.05, 4.69) is 15.6 Å². The third-order valence-electron chi connectivity index (χ3n) is 2.70. The third kappa shape index (κ3) is 4.06. The molecule has 1 aromatic carbocycles. The summed E-state index contributed by atoms with van der Waals surface area (Å²) in [5, 5.41) is 24.7. The molecule has 0 fully saturated rings. The van der Waals surface area contributed by atoms with Crippen molar-refractivity contribution < 1.29 is 14.8 Å². The number of hydrogen-bond acceptors (Lipinski definition) is 5. The fourth-order valence-corrected chi connectivity index (χ4v) is 1.84. The molecular weight excluding hydrogens is 312 g/mol. The first kappa shape index (κ1) is 15.5. The van der Waals surface area contributed by atoms with Crippen molar-refractivity contribution in [3.8, 4) is 0 Å². The quantitative estimate of drug-likeness (QED) is 0.442. The van der Waals surface area contributed by atoms with Crippen molar-refractivity contribution in [3.63, 3.8) is 0 Å². The molecule has 22 heavy (non-hydrogen) atoms. The van der Waals surface area contributed by atoms with E-state index in [0.717, 1.165) is 5.56 Å². The van der Waals surface area contributed by atoms with Crippen molar-refractivity contribution in [3.05, 3.63) is 57.2 Å². The number of pyridine rings is 1. The lowest BCUT2D eigenvalue weighted by atomic mass is 10.2. The predicted octanol–water partition coefficient (Wildman–Crippen LogP) is 3.15. The smallest absolute Gasteiger partial charge is 0.404 e. The normalized spacial score (nSPS) is 10.0. The van der Waals surface area contributed by atoms with Crippen molar-refractivity contribution in [2.24, 2.45) is 0 Å². The molecule has 1 aromatic heterocycles. The van der Waals surface area contributed by atoms with Gasteiger partial charge in [-0.1, -0.05) is 23.7 Å². The van der Waals surface area contributed by atoms with E-state index >= 15 is 0 Å². The van der Waals surface area contributed by atoms with Crippen LogP contribution in [0.1, 0.15) is 5.56 Å². The van der Waals surface area contributed by atoms with Gasteiger partial charge < -0.3 is 15.7 Å². The number of nitrogens with zero attached hydrogens (tertiary/aromatic N) is 2. The monoisotopic (exact) mass is 322 g/mol. The van der Waals surface area contributed by atoms with Crippen LogP contribution in [0.3, 0.4) is 0 Å². The van der Waals surface area contributed by atoms with Crippen molar-refractivity contribution in [1.82, 2.24) is 10.3 Å². The Hall–Kier alpha value is -2.87. The Kier molecular flexibility index (Phi) is 4.74. The van der Waals surface area contributed by atoms with Crippen LogP contribution in [0.25, 0.3) is 0 Å². The van der Waals surface area contributed by atoms with Crippen LogP contribution in [-0.2, 0) is 6.54 Å². The number of anilines is 2. The molecule has 114 valence electrons. The van der Waals surface area contributed by atoms with Gasteiger partial charge >= 0.3 is 11.8 Å². The number of carbonyl (C=O) groups is 1. The minimum absolute atomic E-state index is 0.0360. The van der Waals surface area contributed by atoms with Crippen LogP contribution in [0.5, 0.6) is 0 Å². The van der Waals surface area contributed by atoms with Crippen LogP contribution in [-0.4, -0.2) is 21.1 Å². The van der Waals surface area contributed by atoms with Gasteiger partial charge in [-0.3, -0.25) is 10.1 Å². The van der Waals surface area contributed by atoms with E-state index < -0.39 is 11.0 Å². The van der Waals surface area contributed by atoms with Gasteiger partial charge in [-0.2, -0.15) is 0 Å². The highest BCUT2D eigenvalue weighted by atomic mass is 35.5. The van der Waals surface area contributed by atoms with Gasteiger partial charge in [-0.15, -0.1) is 0 Å². The number of halogens is 1. The maximum Gasteiger partial charge on any atom is 0.404 e. The van der Waals surface area contributed by atoms with Gasteiger partial charge in [-0.25, -0.2) is 9.78 Å². The van der Waals surface area contributed by atoms with Crippen molar-refractivity contribution in [2.45, 2.75) is 6.54 Å². The summed E-state index contributed by atoms with van der Waals surface area (Å²) >= 11 is 5.75. The number of hydrogen-bond donors (Lipinski definition) is 3. The zero-order chi connectivity index (χ0) is 16.1. The maximum absolute atomic E-state index is 10.9. The minimum Gasteiger partial charge on any atom is -0.465 e. The second kappa shape index (κ2) is 6.72. The van der Waals surface area contributed by atoms with E-state index in [4.69, 9.17) is 16.7 Å². The van der Waals surface area contributed by atoms with Crippen LogP contribution in [0.4, 0.5) is 22.0 Å². The molecule has 8 nitrogen and oxygen atoms in total. The summed E-state index contributed by atoms with van der Waals surface area (Å²) < 4.78 is 0. The fraction of sp³-hybridized carbons (Fsp3) is 0.0769. The first-order valence-electron chi connectivity index (χ1n) is 6.09. The lowest BCUT2D eigenvalue weighted by Gasteiger charge is -2.08. The van der Waals surface area contributed by atoms with Gasteiger partial charge in [0.15, 0.2) is 0 Å². The van der Waals surface area contributed by atoms with Gasteiger partial charge in [0, 0.05) is 18.3 Å². The van der Waals surface area contributed by atoms with Gasteiger partial charge in [0.25, 0.3) is 0 Å². The molecule has 0 atom stereocenters. The highest BCUT2D eigenvalue weighted by molar-refractivity contribution is 6.29. The van der Waals surface area contributed by atoms with Crippen LogP contribution in [0.2, 0.25) is 5.15 Å². The molecule has 1 heterocycles. The molecule has 1 amide bonds. The predicted molar refractivity (Wildman–Crippen MR) is 80.5 cm³/mol.